The molecular weight excluding hydrogens is 280 g/mol. The second kappa shape index (κ2) is 6.48. The van der Waals surface area contributed by atoms with Crippen LogP contribution in [0, 0.1) is 0 Å². The van der Waals surface area contributed by atoms with Gasteiger partial charge in [-0.05, 0) is 24.6 Å². The predicted molar refractivity (Wildman–Crippen MR) is 85.3 cm³/mol. The topological polar surface area (TPSA) is 82.6 Å². The van der Waals surface area contributed by atoms with Crippen molar-refractivity contribution in [2.45, 2.75) is 31.1 Å². The van der Waals surface area contributed by atoms with Crippen LogP contribution in [0.5, 0.6) is 0 Å². The highest BCUT2D eigenvalue weighted by Gasteiger charge is 2.21. The van der Waals surface area contributed by atoms with Gasteiger partial charge in [0.1, 0.15) is 18.5 Å². The summed E-state index contributed by atoms with van der Waals surface area (Å²) in [6.07, 6.45) is 10.8. The van der Waals surface area contributed by atoms with Crippen LogP contribution in [0.3, 0.4) is 0 Å². The Hall–Kier alpha value is -1.89. The van der Waals surface area contributed by atoms with E-state index in [1.54, 1.807) is 14.2 Å². The molecule has 0 spiro atoms. The van der Waals surface area contributed by atoms with Gasteiger partial charge in [-0.2, -0.15) is 0 Å². The Labute approximate surface area is 129 Å². The van der Waals surface area contributed by atoms with E-state index >= 15 is 0 Å². The zero-order valence-electron chi connectivity index (χ0n) is 12.8. The Bertz CT molecular complexity index is 726. The SMILES string of the molecule is COC1C=c2ncnc(N=C3C=CCC(N)C3)c2=CC1OC. The maximum atomic E-state index is 5.98. The van der Waals surface area contributed by atoms with Crippen LogP contribution >= 0.6 is 0 Å². The van der Waals surface area contributed by atoms with E-state index in [4.69, 9.17) is 15.2 Å². The molecule has 1 heterocycles. The number of nitrogens with zero attached hydrogens (tertiary/aromatic N) is 3. The smallest absolute Gasteiger partial charge is 0.163 e. The summed E-state index contributed by atoms with van der Waals surface area (Å²) in [5.74, 6) is 0.645. The summed E-state index contributed by atoms with van der Waals surface area (Å²) in [4.78, 5) is 13.3. The molecule has 3 atom stereocenters. The van der Waals surface area contributed by atoms with E-state index in [2.05, 4.69) is 21.0 Å². The van der Waals surface area contributed by atoms with E-state index in [1.807, 2.05) is 18.2 Å². The third-order valence-corrected chi connectivity index (χ3v) is 3.88. The third kappa shape index (κ3) is 2.99. The second-order valence-electron chi connectivity index (χ2n) is 5.44. The van der Waals surface area contributed by atoms with E-state index in [0.29, 0.717) is 5.82 Å². The first-order valence-electron chi connectivity index (χ1n) is 7.31. The number of aromatic nitrogens is 2. The summed E-state index contributed by atoms with van der Waals surface area (Å²) in [5, 5.41) is 1.70. The van der Waals surface area contributed by atoms with Crippen molar-refractivity contribution in [1.82, 2.24) is 9.97 Å². The molecule has 0 saturated heterocycles. The number of aliphatic imine (C=N–C) groups is 1. The molecule has 1 aromatic heterocycles. The molecule has 2 aliphatic rings. The van der Waals surface area contributed by atoms with Crippen LogP contribution in [-0.2, 0) is 9.47 Å². The molecule has 0 radical (unpaired) electrons. The number of ether oxygens (including phenoxy) is 2. The third-order valence-electron chi connectivity index (χ3n) is 3.88. The predicted octanol–water partition coefficient (Wildman–Crippen LogP) is -0.169. The fraction of sp³-hybridized carbons (Fsp3) is 0.438. The lowest BCUT2D eigenvalue weighted by atomic mass is 10.0. The highest BCUT2D eigenvalue weighted by atomic mass is 16.5. The van der Waals surface area contributed by atoms with Crippen molar-refractivity contribution < 1.29 is 9.47 Å². The van der Waals surface area contributed by atoms with E-state index in [-0.39, 0.29) is 18.2 Å². The standard InChI is InChI=1S/C16H20N4O2/c1-21-14-7-12-13(8-15(14)22-2)18-9-19-16(12)20-11-5-3-4-10(17)6-11/h3,5,7-10,14-15H,4,6,17H2,1-2H3. The van der Waals surface area contributed by atoms with Gasteiger partial charge in [-0.3, -0.25) is 0 Å². The fourth-order valence-electron chi connectivity index (χ4n) is 2.71. The van der Waals surface area contributed by atoms with Crippen LogP contribution in [0.4, 0.5) is 5.82 Å². The van der Waals surface area contributed by atoms with E-state index in [9.17, 15) is 0 Å². The molecule has 0 amide bonds. The molecule has 0 fully saturated rings. The summed E-state index contributed by atoms with van der Waals surface area (Å²) in [5.41, 5.74) is 6.92. The first-order valence-corrected chi connectivity index (χ1v) is 7.31. The summed E-state index contributed by atoms with van der Waals surface area (Å²) < 4.78 is 10.9. The zero-order valence-corrected chi connectivity index (χ0v) is 12.8. The molecule has 0 bridgehead atoms. The molecule has 0 aromatic carbocycles. The Balaban J connectivity index is 2.07. The van der Waals surface area contributed by atoms with Gasteiger partial charge in [-0.1, -0.05) is 6.08 Å². The Morgan fingerprint density at radius 3 is 2.68 bits per heavy atom. The fourth-order valence-corrected chi connectivity index (χ4v) is 2.71. The zero-order chi connectivity index (χ0) is 15.5. The molecule has 0 aliphatic heterocycles. The maximum absolute atomic E-state index is 5.98. The lowest BCUT2D eigenvalue weighted by Crippen LogP contribution is -2.42. The first-order chi connectivity index (χ1) is 10.7. The van der Waals surface area contributed by atoms with Gasteiger partial charge < -0.3 is 15.2 Å². The van der Waals surface area contributed by atoms with E-state index in [0.717, 1.165) is 29.1 Å². The lowest BCUT2D eigenvalue weighted by Gasteiger charge is -2.21. The molecule has 3 rings (SSSR count). The van der Waals surface area contributed by atoms with Crippen LogP contribution in [0.2, 0.25) is 0 Å². The minimum absolute atomic E-state index is 0.126. The van der Waals surface area contributed by atoms with Gasteiger partial charge in [-0.25, -0.2) is 15.0 Å². The summed E-state index contributed by atoms with van der Waals surface area (Å²) >= 11 is 0. The largest absolute Gasteiger partial charge is 0.374 e. The monoisotopic (exact) mass is 300 g/mol. The number of methoxy groups -OCH3 is 2. The number of fused-ring (bicyclic) bond motifs is 1. The molecule has 2 N–H and O–H groups in total. The number of hydrogen-bond acceptors (Lipinski definition) is 6. The number of hydrogen-bond donors (Lipinski definition) is 1. The molecular formula is C16H20N4O2. The van der Waals surface area contributed by atoms with E-state index < -0.39 is 0 Å². The highest BCUT2D eigenvalue weighted by Crippen LogP contribution is 2.12. The van der Waals surface area contributed by atoms with Crippen molar-refractivity contribution in [3.05, 3.63) is 29.0 Å². The van der Waals surface area contributed by atoms with Crippen molar-refractivity contribution in [2.75, 3.05) is 14.2 Å². The quantitative estimate of drug-likeness (QED) is 0.838. The molecule has 2 aliphatic carbocycles. The maximum Gasteiger partial charge on any atom is 0.163 e. The van der Waals surface area contributed by atoms with Gasteiger partial charge in [-0.15, -0.1) is 0 Å². The molecule has 1 aromatic rings. The van der Waals surface area contributed by atoms with Crippen molar-refractivity contribution in [3.8, 4) is 0 Å². The number of allylic oxidation sites excluding steroid dienone is 1. The average Bonchev–Trinajstić information content (AvgIpc) is 2.54. The van der Waals surface area contributed by atoms with Gasteiger partial charge in [0.05, 0.1) is 5.35 Å². The molecule has 116 valence electrons. The van der Waals surface area contributed by atoms with Crippen LogP contribution in [-0.4, -0.2) is 48.1 Å². The van der Waals surface area contributed by atoms with Crippen LogP contribution in [0.1, 0.15) is 12.8 Å². The van der Waals surface area contributed by atoms with Gasteiger partial charge in [0, 0.05) is 37.6 Å². The van der Waals surface area contributed by atoms with E-state index in [1.165, 1.54) is 6.33 Å². The Morgan fingerprint density at radius 2 is 1.95 bits per heavy atom. The minimum atomic E-state index is -0.174. The van der Waals surface area contributed by atoms with Crippen LogP contribution < -0.4 is 16.3 Å². The van der Waals surface area contributed by atoms with Crippen molar-refractivity contribution in [3.63, 3.8) is 0 Å². The highest BCUT2D eigenvalue weighted by molar-refractivity contribution is 5.97. The summed E-state index contributed by atoms with van der Waals surface area (Å²) in [6, 6.07) is 0.126. The molecule has 6 heteroatoms. The second-order valence-corrected chi connectivity index (χ2v) is 5.44. The molecule has 22 heavy (non-hydrogen) atoms. The minimum Gasteiger partial charge on any atom is -0.374 e. The van der Waals surface area contributed by atoms with Crippen LogP contribution in [0.25, 0.3) is 12.2 Å². The lowest BCUT2D eigenvalue weighted by molar-refractivity contribution is 0.0303. The number of nitrogens with two attached hydrogens (primary N) is 1. The number of rotatable bonds is 3. The van der Waals surface area contributed by atoms with Crippen molar-refractivity contribution in [2.24, 2.45) is 10.7 Å². The molecule has 6 nitrogen and oxygen atoms in total. The van der Waals surface area contributed by atoms with Crippen LogP contribution in [0.15, 0.2) is 23.5 Å². The summed E-state index contributed by atoms with van der Waals surface area (Å²) in [7, 11) is 3.31. The molecule has 0 saturated carbocycles. The normalized spacial score (nSPS) is 28.9. The van der Waals surface area contributed by atoms with Gasteiger partial charge in [0.25, 0.3) is 0 Å². The Kier molecular flexibility index (Phi) is 4.42. The molecule has 3 unspecified atom stereocenters. The average molecular weight is 300 g/mol. The van der Waals surface area contributed by atoms with Crippen molar-refractivity contribution >= 4 is 23.7 Å². The Morgan fingerprint density at radius 1 is 1.18 bits per heavy atom. The van der Waals surface area contributed by atoms with Gasteiger partial charge >= 0.3 is 0 Å². The van der Waals surface area contributed by atoms with Gasteiger partial charge in [0.15, 0.2) is 5.82 Å². The first kappa shape index (κ1) is 15.0. The van der Waals surface area contributed by atoms with Crippen molar-refractivity contribution in [1.29, 1.82) is 0 Å². The van der Waals surface area contributed by atoms with Gasteiger partial charge in [0.2, 0.25) is 0 Å². The summed E-state index contributed by atoms with van der Waals surface area (Å²) in [6.45, 7) is 0.